The second-order valence-electron chi connectivity index (χ2n) is 6.12. The van der Waals surface area contributed by atoms with Crippen LogP contribution in [0.1, 0.15) is 16.7 Å². The van der Waals surface area contributed by atoms with Gasteiger partial charge in [-0.2, -0.15) is 0 Å². The Morgan fingerprint density at radius 3 is 2.88 bits per heavy atom. The first kappa shape index (κ1) is 16.2. The number of benzene rings is 2. The summed E-state index contributed by atoms with van der Waals surface area (Å²) in [6.07, 6.45) is 4.21. The highest BCUT2D eigenvalue weighted by molar-refractivity contribution is 5.66. The third kappa shape index (κ3) is 3.02. The van der Waals surface area contributed by atoms with Crippen molar-refractivity contribution in [1.29, 1.82) is 0 Å². The molecule has 4 nitrogen and oxygen atoms in total. The molecular weight excluding hydrogens is 305 g/mol. The van der Waals surface area contributed by atoms with Crippen molar-refractivity contribution < 1.29 is 9.13 Å². The number of hydrogen-bond donors (Lipinski definition) is 1. The lowest BCUT2D eigenvalue weighted by atomic mass is 9.98. The number of nitrogen functional groups attached to an aromatic ring is 1. The largest absolute Gasteiger partial charge is 0.494 e. The van der Waals surface area contributed by atoms with Crippen molar-refractivity contribution in [1.82, 2.24) is 4.90 Å². The average Bonchev–Trinajstić information content (AvgIpc) is 2.57. The molecule has 2 aromatic carbocycles. The molecular formula is C19H22FN3O. The molecule has 0 aromatic heterocycles. The van der Waals surface area contributed by atoms with Gasteiger partial charge in [0.05, 0.1) is 18.5 Å². The SMILES string of the molecule is COc1cc(F)c(N)cc1N(C)Cc1cccc2c1CN(C)C=C2. The zero-order valence-corrected chi connectivity index (χ0v) is 14.2. The number of ether oxygens (including phenoxy) is 1. The van der Waals surface area contributed by atoms with Gasteiger partial charge >= 0.3 is 0 Å². The summed E-state index contributed by atoms with van der Waals surface area (Å²) in [6.45, 7) is 1.56. The topological polar surface area (TPSA) is 41.7 Å². The first-order valence-electron chi connectivity index (χ1n) is 7.83. The molecule has 3 rings (SSSR count). The summed E-state index contributed by atoms with van der Waals surface area (Å²) in [5, 5.41) is 0. The average molecular weight is 327 g/mol. The number of nitrogens with two attached hydrogens (primary N) is 1. The van der Waals surface area contributed by atoms with Crippen molar-refractivity contribution in [3.8, 4) is 5.75 Å². The van der Waals surface area contributed by atoms with Crippen LogP contribution in [0.5, 0.6) is 5.75 Å². The van der Waals surface area contributed by atoms with Gasteiger partial charge in [-0.1, -0.05) is 18.2 Å². The molecule has 0 amide bonds. The maximum atomic E-state index is 13.7. The van der Waals surface area contributed by atoms with Gasteiger partial charge in [0.2, 0.25) is 0 Å². The van der Waals surface area contributed by atoms with Crippen molar-refractivity contribution in [2.24, 2.45) is 0 Å². The summed E-state index contributed by atoms with van der Waals surface area (Å²) in [5.74, 6) is 0.0128. The van der Waals surface area contributed by atoms with Gasteiger partial charge in [-0.05, 0) is 35.0 Å². The van der Waals surface area contributed by atoms with Crippen LogP contribution in [0.3, 0.4) is 0 Å². The number of nitrogens with zero attached hydrogens (tertiary/aromatic N) is 2. The van der Waals surface area contributed by atoms with E-state index >= 15 is 0 Å². The molecule has 0 bridgehead atoms. The second-order valence-corrected chi connectivity index (χ2v) is 6.12. The van der Waals surface area contributed by atoms with Gasteiger partial charge in [0.15, 0.2) is 0 Å². The minimum absolute atomic E-state index is 0.121. The Bertz CT molecular complexity index is 788. The van der Waals surface area contributed by atoms with Crippen molar-refractivity contribution in [3.05, 3.63) is 59.0 Å². The van der Waals surface area contributed by atoms with Gasteiger partial charge < -0.3 is 20.3 Å². The Hall–Kier alpha value is -2.69. The predicted molar refractivity (Wildman–Crippen MR) is 96.4 cm³/mol. The van der Waals surface area contributed by atoms with Crippen molar-refractivity contribution >= 4 is 17.5 Å². The van der Waals surface area contributed by atoms with E-state index in [9.17, 15) is 4.39 Å². The maximum absolute atomic E-state index is 13.7. The van der Waals surface area contributed by atoms with E-state index in [-0.39, 0.29) is 5.69 Å². The van der Waals surface area contributed by atoms with E-state index in [0.29, 0.717) is 12.3 Å². The van der Waals surface area contributed by atoms with Gasteiger partial charge in [0.25, 0.3) is 0 Å². The third-order valence-corrected chi connectivity index (χ3v) is 4.34. The molecule has 2 N–H and O–H groups in total. The summed E-state index contributed by atoms with van der Waals surface area (Å²) in [7, 11) is 5.55. The van der Waals surface area contributed by atoms with Crippen LogP contribution in [0.2, 0.25) is 0 Å². The molecule has 1 aliphatic rings. The molecule has 0 saturated heterocycles. The van der Waals surface area contributed by atoms with Gasteiger partial charge in [0.1, 0.15) is 11.6 Å². The molecule has 0 saturated carbocycles. The summed E-state index contributed by atoms with van der Waals surface area (Å²) >= 11 is 0. The maximum Gasteiger partial charge on any atom is 0.149 e. The number of halogens is 1. The van der Waals surface area contributed by atoms with Gasteiger partial charge in [-0.25, -0.2) is 4.39 Å². The quantitative estimate of drug-likeness (QED) is 0.873. The van der Waals surface area contributed by atoms with E-state index in [1.165, 1.54) is 29.9 Å². The van der Waals surface area contributed by atoms with Crippen molar-refractivity contribution in [2.75, 3.05) is 31.8 Å². The Balaban J connectivity index is 1.93. The second kappa shape index (κ2) is 6.43. The number of anilines is 2. The normalized spacial score (nSPS) is 12.9. The van der Waals surface area contributed by atoms with E-state index in [0.717, 1.165) is 12.2 Å². The standard InChI is InChI=1S/C19H22FN3O/c1-22-8-7-13-5-4-6-14(15(13)12-22)11-23(2)18-10-17(21)16(20)9-19(18)24-3/h4-10H,11-12,21H2,1-3H3. The number of methoxy groups -OCH3 is 1. The highest BCUT2D eigenvalue weighted by Gasteiger charge is 2.16. The van der Waals surface area contributed by atoms with Crippen LogP contribution < -0.4 is 15.4 Å². The smallest absolute Gasteiger partial charge is 0.149 e. The van der Waals surface area contributed by atoms with Crippen LogP contribution in [0, 0.1) is 5.82 Å². The Labute approximate surface area is 141 Å². The molecule has 0 aliphatic carbocycles. The lowest BCUT2D eigenvalue weighted by Gasteiger charge is -2.27. The van der Waals surface area contributed by atoms with Crippen LogP contribution in [0.4, 0.5) is 15.8 Å². The van der Waals surface area contributed by atoms with E-state index in [4.69, 9.17) is 10.5 Å². The predicted octanol–water partition coefficient (Wildman–Crippen LogP) is 3.47. The fourth-order valence-electron chi connectivity index (χ4n) is 3.02. The Kier molecular flexibility index (Phi) is 4.34. The highest BCUT2D eigenvalue weighted by atomic mass is 19.1. The summed E-state index contributed by atoms with van der Waals surface area (Å²) < 4.78 is 19.0. The molecule has 24 heavy (non-hydrogen) atoms. The van der Waals surface area contributed by atoms with Crippen LogP contribution in [0.25, 0.3) is 6.08 Å². The van der Waals surface area contributed by atoms with Crippen LogP contribution in [-0.4, -0.2) is 26.1 Å². The molecule has 2 aromatic rings. The molecule has 0 unspecified atom stereocenters. The molecule has 1 heterocycles. The van der Waals surface area contributed by atoms with E-state index < -0.39 is 5.82 Å². The molecule has 126 valence electrons. The summed E-state index contributed by atoms with van der Waals surface area (Å²) in [5.41, 5.74) is 10.4. The van der Waals surface area contributed by atoms with Crippen molar-refractivity contribution in [3.63, 3.8) is 0 Å². The minimum Gasteiger partial charge on any atom is -0.494 e. The lowest BCUT2D eigenvalue weighted by molar-refractivity contribution is 0.411. The van der Waals surface area contributed by atoms with Crippen LogP contribution in [-0.2, 0) is 13.1 Å². The van der Waals surface area contributed by atoms with E-state index in [1.807, 2.05) is 11.9 Å². The number of rotatable bonds is 4. The first-order chi connectivity index (χ1) is 11.5. The van der Waals surface area contributed by atoms with Crippen LogP contribution >= 0.6 is 0 Å². The van der Waals surface area contributed by atoms with Crippen molar-refractivity contribution in [2.45, 2.75) is 13.1 Å². The zero-order valence-electron chi connectivity index (χ0n) is 14.2. The number of hydrogen-bond acceptors (Lipinski definition) is 4. The third-order valence-electron chi connectivity index (χ3n) is 4.34. The minimum atomic E-state index is -0.465. The monoisotopic (exact) mass is 327 g/mol. The molecule has 0 radical (unpaired) electrons. The molecule has 5 heteroatoms. The van der Waals surface area contributed by atoms with E-state index in [2.05, 4.69) is 42.4 Å². The van der Waals surface area contributed by atoms with Crippen LogP contribution in [0.15, 0.2) is 36.5 Å². The Morgan fingerprint density at radius 2 is 2.12 bits per heavy atom. The first-order valence-corrected chi connectivity index (χ1v) is 7.83. The molecule has 1 aliphatic heterocycles. The molecule has 0 spiro atoms. The van der Waals surface area contributed by atoms with Gasteiger partial charge in [-0.3, -0.25) is 0 Å². The Morgan fingerprint density at radius 1 is 1.33 bits per heavy atom. The zero-order chi connectivity index (χ0) is 17.3. The van der Waals surface area contributed by atoms with Gasteiger partial charge in [0, 0.05) is 33.3 Å². The lowest BCUT2D eigenvalue weighted by Crippen LogP contribution is -2.22. The molecule has 0 atom stereocenters. The summed E-state index contributed by atoms with van der Waals surface area (Å²) in [4.78, 5) is 4.19. The fourth-order valence-corrected chi connectivity index (χ4v) is 3.02. The highest BCUT2D eigenvalue weighted by Crippen LogP contribution is 2.33. The number of fused-ring (bicyclic) bond motifs is 1. The molecule has 0 fully saturated rings. The van der Waals surface area contributed by atoms with E-state index in [1.54, 1.807) is 6.07 Å². The fraction of sp³-hybridized carbons (Fsp3) is 0.263. The summed E-state index contributed by atoms with van der Waals surface area (Å²) in [6, 6.07) is 9.27. The van der Waals surface area contributed by atoms with Gasteiger partial charge in [-0.15, -0.1) is 0 Å².